The van der Waals surface area contributed by atoms with E-state index in [9.17, 15) is 0 Å². The standard InChI is InChI=1S/C17H22N2O/c1-11(2)14-7-5-12(3)16(9-14)20-17-15(10-18)8-6-13(4)19-17/h5-9,11H,10,18H2,1-4H3. The Labute approximate surface area is 120 Å². The van der Waals surface area contributed by atoms with E-state index in [1.54, 1.807) is 0 Å². The van der Waals surface area contributed by atoms with Crippen molar-refractivity contribution in [3.05, 3.63) is 52.7 Å². The van der Waals surface area contributed by atoms with Gasteiger partial charge in [0, 0.05) is 17.8 Å². The largest absolute Gasteiger partial charge is 0.438 e. The van der Waals surface area contributed by atoms with Crippen LogP contribution in [0.3, 0.4) is 0 Å². The molecule has 1 heterocycles. The molecule has 3 heteroatoms. The van der Waals surface area contributed by atoms with E-state index in [-0.39, 0.29) is 0 Å². The minimum atomic E-state index is 0.422. The minimum absolute atomic E-state index is 0.422. The molecule has 0 saturated heterocycles. The molecule has 2 rings (SSSR count). The SMILES string of the molecule is Cc1ccc(CN)c(Oc2cc(C(C)C)ccc2C)n1. The summed E-state index contributed by atoms with van der Waals surface area (Å²) in [5, 5.41) is 0. The number of rotatable bonds is 4. The fraction of sp³-hybridized carbons (Fsp3) is 0.353. The summed E-state index contributed by atoms with van der Waals surface area (Å²) in [4.78, 5) is 4.45. The Morgan fingerprint density at radius 2 is 1.90 bits per heavy atom. The smallest absolute Gasteiger partial charge is 0.223 e. The second kappa shape index (κ2) is 6.06. The zero-order valence-corrected chi connectivity index (χ0v) is 12.6. The molecule has 1 aromatic heterocycles. The maximum atomic E-state index is 6.01. The number of ether oxygens (including phenoxy) is 1. The fourth-order valence-corrected chi connectivity index (χ4v) is 2.00. The van der Waals surface area contributed by atoms with Crippen LogP contribution in [0.25, 0.3) is 0 Å². The molecule has 0 saturated carbocycles. The Balaban J connectivity index is 2.39. The Bertz CT molecular complexity index is 606. The number of benzene rings is 1. The van der Waals surface area contributed by atoms with Gasteiger partial charge in [-0.25, -0.2) is 4.98 Å². The normalized spacial score (nSPS) is 10.9. The van der Waals surface area contributed by atoms with Gasteiger partial charge in [-0.15, -0.1) is 0 Å². The molecule has 0 aliphatic rings. The van der Waals surface area contributed by atoms with Gasteiger partial charge in [0.2, 0.25) is 5.88 Å². The quantitative estimate of drug-likeness (QED) is 0.911. The van der Waals surface area contributed by atoms with Gasteiger partial charge in [0.25, 0.3) is 0 Å². The van der Waals surface area contributed by atoms with Crippen LogP contribution in [0.5, 0.6) is 11.6 Å². The molecule has 0 aliphatic carbocycles. The molecule has 0 atom stereocenters. The first-order valence-corrected chi connectivity index (χ1v) is 6.96. The van der Waals surface area contributed by atoms with Crippen LogP contribution in [-0.2, 0) is 6.54 Å². The molecule has 3 nitrogen and oxygen atoms in total. The first-order valence-electron chi connectivity index (χ1n) is 6.96. The highest BCUT2D eigenvalue weighted by atomic mass is 16.5. The number of aryl methyl sites for hydroxylation is 2. The number of hydrogen-bond donors (Lipinski definition) is 1. The molecule has 0 fully saturated rings. The molecule has 2 aromatic rings. The van der Waals surface area contributed by atoms with Gasteiger partial charge in [-0.1, -0.05) is 32.0 Å². The molecule has 20 heavy (non-hydrogen) atoms. The van der Waals surface area contributed by atoms with Gasteiger partial charge >= 0.3 is 0 Å². The van der Waals surface area contributed by atoms with Gasteiger partial charge in [-0.2, -0.15) is 0 Å². The lowest BCUT2D eigenvalue weighted by Crippen LogP contribution is -2.03. The summed E-state index contributed by atoms with van der Waals surface area (Å²) >= 11 is 0. The van der Waals surface area contributed by atoms with Gasteiger partial charge in [0.1, 0.15) is 5.75 Å². The van der Waals surface area contributed by atoms with Gasteiger partial charge in [-0.05, 0) is 43.0 Å². The minimum Gasteiger partial charge on any atom is -0.438 e. The fourth-order valence-electron chi connectivity index (χ4n) is 2.00. The summed E-state index contributed by atoms with van der Waals surface area (Å²) in [6.07, 6.45) is 0. The van der Waals surface area contributed by atoms with Crippen LogP contribution in [0.1, 0.15) is 42.1 Å². The summed E-state index contributed by atoms with van der Waals surface area (Å²) in [5.74, 6) is 1.93. The van der Waals surface area contributed by atoms with Crippen molar-refractivity contribution in [1.29, 1.82) is 0 Å². The zero-order valence-electron chi connectivity index (χ0n) is 12.6. The third kappa shape index (κ3) is 3.17. The maximum Gasteiger partial charge on any atom is 0.223 e. The second-order valence-electron chi connectivity index (χ2n) is 5.40. The predicted octanol–water partition coefficient (Wildman–Crippen LogP) is 4.07. The van der Waals surface area contributed by atoms with Crippen molar-refractivity contribution in [3.63, 3.8) is 0 Å². The van der Waals surface area contributed by atoms with Crippen molar-refractivity contribution in [2.45, 2.75) is 40.2 Å². The number of nitrogens with two attached hydrogens (primary N) is 1. The summed E-state index contributed by atoms with van der Waals surface area (Å²) in [6, 6.07) is 10.2. The van der Waals surface area contributed by atoms with E-state index in [0.717, 1.165) is 22.6 Å². The van der Waals surface area contributed by atoms with Crippen LogP contribution in [0.15, 0.2) is 30.3 Å². The molecule has 0 amide bonds. The molecule has 0 bridgehead atoms. The molecule has 0 spiro atoms. The van der Waals surface area contributed by atoms with Gasteiger partial charge in [-0.3, -0.25) is 0 Å². The van der Waals surface area contributed by atoms with Crippen molar-refractivity contribution in [2.75, 3.05) is 0 Å². The molecular formula is C17H22N2O. The Kier molecular flexibility index (Phi) is 4.40. The summed E-state index contributed by atoms with van der Waals surface area (Å²) in [5.41, 5.74) is 9.95. The summed E-state index contributed by atoms with van der Waals surface area (Å²) in [6.45, 7) is 8.75. The van der Waals surface area contributed by atoms with Crippen molar-refractivity contribution in [2.24, 2.45) is 5.73 Å². The molecular weight excluding hydrogens is 248 g/mol. The lowest BCUT2D eigenvalue weighted by Gasteiger charge is -2.14. The zero-order chi connectivity index (χ0) is 14.7. The van der Waals surface area contributed by atoms with Crippen LogP contribution in [0, 0.1) is 13.8 Å². The van der Waals surface area contributed by atoms with E-state index in [1.165, 1.54) is 5.56 Å². The molecule has 0 unspecified atom stereocenters. The molecule has 0 radical (unpaired) electrons. The van der Waals surface area contributed by atoms with Crippen LogP contribution in [0.2, 0.25) is 0 Å². The maximum absolute atomic E-state index is 6.01. The van der Waals surface area contributed by atoms with Crippen molar-refractivity contribution >= 4 is 0 Å². The number of pyridine rings is 1. The molecule has 1 aromatic carbocycles. The summed E-state index contributed by atoms with van der Waals surface area (Å²) in [7, 11) is 0. The average molecular weight is 270 g/mol. The van der Waals surface area contributed by atoms with Crippen LogP contribution < -0.4 is 10.5 Å². The highest BCUT2D eigenvalue weighted by Gasteiger charge is 2.10. The highest BCUT2D eigenvalue weighted by molar-refractivity contribution is 5.41. The number of hydrogen-bond acceptors (Lipinski definition) is 3. The van der Waals surface area contributed by atoms with E-state index in [2.05, 4.69) is 37.0 Å². The Morgan fingerprint density at radius 3 is 2.55 bits per heavy atom. The van der Waals surface area contributed by atoms with E-state index in [4.69, 9.17) is 10.5 Å². The second-order valence-corrected chi connectivity index (χ2v) is 5.40. The third-order valence-electron chi connectivity index (χ3n) is 3.38. The Morgan fingerprint density at radius 1 is 1.15 bits per heavy atom. The van der Waals surface area contributed by atoms with Crippen LogP contribution in [-0.4, -0.2) is 4.98 Å². The highest BCUT2D eigenvalue weighted by Crippen LogP contribution is 2.29. The summed E-state index contributed by atoms with van der Waals surface area (Å²) < 4.78 is 6.01. The number of nitrogens with zero attached hydrogens (tertiary/aromatic N) is 1. The van der Waals surface area contributed by atoms with Crippen molar-refractivity contribution in [1.82, 2.24) is 4.98 Å². The van der Waals surface area contributed by atoms with Gasteiger partial charge < -0.3 is 10.5 Å². The Hall–Kier alpha value is -1.87. The molecule has 2 N–H and O–H groups in total. The van der Waals surface area contributed by atoms with E-state index < -0.39 is 0 Å². The van der Waals surface area contributed by atoms with E-state index in [0.29, 0.717) is 18.3 Å². The van der Waals surface area contributed by atoms with Gasteiger partial charge in [0.15, 0.2) is 0 Å². The monoisotopic (exact) mass is 270 g/mol. The lowest BCUT2D eigenvalue weighted by molar-refractivity contribution is 0.451. The van der Waals surface area contributed by atoms with E-state index in [1.807, 2.05) is 26.0 Å². The predicted molar refractivity (Wildman–Crippen MR) is 82.2 cm³/mol. The van der Waals surface area contributed by atoms with Gasteiger partial charge in [0.05, 0.1) is 0 Å². The molecule has 106 valence electrons. The molecule has 0 aliphatic heterocycles. The third-order valence-corrected chi connectivity index (χ3v) is 3.38. The number of aromatic nitrogens is 1. The topological polar surface area (TPSA) is 48.1 Å². The average Bonchev–Trinajstić information content (AvgIpc) is 2.41. The van der Waals surface area contributed by atoms with Crippen LogP contribution in [0.4, 0.5) is 0 Å². The van der Waals surface area contributed by atoms with Crippen molar-refractivity contribution in [3.8, 4) is 11.6 Å². The first kappa shape index (κ1) is 14.5. The first-order chi connectivity index (χ1) is 9.51. The van der Waals surface area contributed by atoms with Crippen molar-refractivity contribution < 1.29 is 4.74 Å². The van der Waals surface area contributed by atoms with E-state index >= 15 is 0 Å². The van der Waals surface area contributed by atoms with Crippen LogP contribution >= 0.6 is 0 Å². The lowest BCUT2D eigenvalue weighted by atomic mass is 10.0.